The fourth-order valence-electron chi connectivity index (χ4n) is 2.90. The van der Waals surface area contributed by atoms with Crippen LogP contribution >= 0.6 is 11.6 Å². The van der Waals surface area contributed by atoms with Crippen molar-refractivity contribution in [1.29, 1.82) is 0 Å². The SMILES string of the molecule is O=C(NCCCN1CCN(c2ncccn2)CC1)c1ccc(Cl)cc1F. The van der Waals surface area contributed by atoms with Crippen molar-refractivity contribution in [2.45, 2.75) is 6.42 Å². The lowest BCUT2D eigenvalue weighted by Crippen LogP contribution is -2.47. The first-order valence-corrected chi connectivity index (χ1v) is 8.99. The van der Waals surface area contributed by atoms with Gasteiger partial charge in [-0.3, -0.25) is 9.69 Å². The van der Waals surface area contributed by atoms with Gasteiger partial charge in [0.2, 0.25) is 5.95 Å². The minimum atomic E-state index is -0.603. The van der Waals surface area contributed by atoms with Gasteiger partial charge in [0.05, 0.1) is 5.56 Å². The Morgan fingerprint density at radius 1 is 1.19 bits per heavy atom. The predicted molar refractivity (Wildman–Crippen MR) is 99.0 cm³/mol. The van der Waals surface area contributed by atoms with Crippen molar-refractivity contribution in [2.24, 2.45) is 0 Å². The molecule has 26 heavy (non-hydrogen) atoms. The van der Waals surface area contributed by atoms with Crippen LogP contribution in [0.3, 0.4) is 0 Å². The summed E-state index contributed by atoms with van der Waals surface area (Å²) in [6.07, 6.45) is 4.31. The summed E-state index contributed by atoms with van der Waals surface area (Å²) in [4.78, 5) is 25.1. The molecule has 138 valence electrons. The maximum Gasteiger partial charge on any atom is 0.254 e. The Bertz CT molecular complexity index is 738. The van der Waals surface area contributed by atoms with E-state index in [1.165, 1.54) is 12.1 Å². The van der Waals surface area contributed by atoms with Gasteiger partial charge in [-0.15, -0.1) is 0 Å². The Labute approximate surface area is 157 Å². The molecule has 1 aliphatic rings. The number of carbonyl (C=O) groups excluding carboxylic acids is 1. The molecule has 1 aromatic carbocycles. The molecular formula is C18H21ClFN5O. The van der Waals surface area contributed by atoms with E-state index < -0.39 is 11.7 Å². The average Bonchev–Trinajstić information content (AvgIpc) is 2.66. The molecule has 0 bridgehead atoms. The fraction of sp³-hybridized carbons (Fsp3) is 0.389. The second kappa shape index (κ2) is 8.91. The third-order valence-corrected chi connectivity index (χ3v) is 4.55. The molecule has 0 radical (unpaired) electrons. The fourth-order valence-corrected chi connectivity index (χ4v) is 3.06. The quantitative estimate of drug-likeness (QED) is 0.782. The third kappa shape index (κ3) is 4.89. The van der Waals surface area contributed by atoms with E-state index >= 15 is 0 Å². The molecule has 2 heterocycles. The summed E-state index contributed by atoms with van der Waals surface area (Å²) < 4.78 is 13.7. The van der Waals surface area contributed by atoms with E-state index in [1.54, 1.807) is 12.4 Å². The standard InChI is InChI=1S/C18H21ClFN5O/c19-14-3-4-15(16(20)13-14)17(26)21-7-2-8-24-9-11-25(12-10-24)18-22-5-1-6-23-18/h1,3-6,13H,2,7-12H2,(H,21,26). The van der Waals surface area contributed by atoms with Crippen LogP contribution in [0.15, 0.2) is 36.7 Å². The number of rotatable bonds is 6. The molecule has 0 spiro atoms. The molecule has 1 N–H and O–H groups in total. The monoisotopic (exact) mass is 377 g/mol. The second-order valence-electron chi connectivity index (χ2n) is 6.11. The molecule has 0 aliphatic carbocycles. The van der Waals surface area contributed by atoms with Crippen molar-refractivity contribution < 1.29 is 9.18 Å². The van der Waals surface area contributed by atoms with Crippen LogP contribution < -0.4 is 10.2 Å². The van der Waals surface area contributed by atoms with Crippen molar-refractivity contribution in [3.8, 4) is 0 Å². The van der Waals surface area contributed by atoms with Crippen LogP contribution in [0.2, 0.25) is 5.02 Å². The number of amides is 1. The van der Waals surface area contributed by atoms with Gasteiger partial charge in [-0.2, -0.15) is 0 Å². The number of halogens is 2. The maximum absolute atomic E-state index is 13.7. The maximum atomic E-state index is 13.7. The normalized spacial score (nSPS) is 15.1. The summed E-state index contributed by atoms with van der Waals surface area (Å²) in [5.41, 5.74) is 0.0193. The summed E-state index contributed by atoms with van der Waals surface area (Å²) in [7, 11) is 0. The Balaban J connectivity index is 1.36. The Morgan fingerprint density at radius 2 is 1.92 bits per heavy atom. The van der Waals surface area contributed by atoms with Crippen LogP contribution in [0.25, 0.3) is 0 Å². The zero-order chi connectivity index (χ0) is 18.4. The van der Waals surface area contributed by atoms with Crippen molar-refractivity contribution in [2.75, 3.05) is 44.2 Å². The van der Waals surface area contributed by atoms with Gasteiger partial charge in [-0.25, -0.2) is 14.4 Å². The minimum absolute atomic E-state index is 0.0193. The van der Waals surface area contributed by atoms with Crippen LogP contribution in [-0.2, 0) is 0 Å². The molecule has 0 atom stereocenters. The second-order valence-corrected chi connectivity index (χ2v) is 6.55. The van der Waals surface area contributed by atoms with E-state index in [1.807, 2.05) is 6.07 Å². The summed E-state index contributed by atoms with van der Waals surface area (Å²) >= 11 is 5.70. The average molecular weight is 378 g/mol. The highest BCUT2D eigenvalue weighted by Gasteiger charge is 2.18. The van der Waals surface area contributed by atoms with E-state index in [9.17, 15) is 9.18 Å². The molecular weight excluding hydrogens is 357 g/mol. The minimum Gasteiger partial charge on any atom is -0.352 e. The largest absolute Gasteiger partial charge is 0.352 e. The van der Waals surface area contributed by atoms with E-state index in [-0.39, 0.29) is 10.6 Å². The summed E-state index contributed by atoms with van der Waals surface area (Å²) in [5, 5.41) is 3.03. The van der Waals surface area contributed by atoms with Gasteiger partial charge >= 0.3 is 0 Å². The first kappa shape index (κ1) is 18.5. The van der Waals surface area contributed by atoms with Gasteiger partial charge in [-0.05, 0) is 37.2 Å². The molecule has 2 aromatic rings. The number of nitrogens with zero attached hydrogens (tertiary/aromatic N) is 4. The number of benzene rings is 1. The van der Waals surface area contributed by atoms with Crippen LogP contribution in [0.4, 0.5) is 10.3 Å². The smallest absolute Gasteiger partial charge is 0.254 e. The zero-order valence-electron chi connectivity index (χ0n) is 14.4. The van der Waals surface area contributed by atoms with E-state index in [0.29, 0.717) is 6.54 Å². The first-order chi connectivity index (χ1) is 12.6. The Kier molecular flexibility index (Phi) is 6.35. The highest BCUT2D eigenvalue weighted by molar-refractivity contribution is 6.30. The molecule has 1 aromatic heterocycles. The van der Waals surface area contributed by atoms with Crippen LogP contribution in [0.1, 0.15) is 16.8 Å². The van der Waals surface area contributed by atoms with Crippen LogP contribution in [0.5, 0.6) is 0 Å². The van der Waals surface area contributed by atoms with Crippen molar-refractivity contribution in [1.82, 2.24) is 20.2 Å². The molecule has 1 aliphatic heterocycles. The lowest BCUT2D eigenvalue weighted by atomic mass is 10.2. The molecule has 1 amide bonds. The molecule has 8 heteroatoms. The Morgan fingerprint density at radius 3 is 2.62 bits per heavy atom. The van der Waals surface area contributed by atoms with E-state index in [2.05, 4.69) is 25.1 Å². The van der Waals surface area contributed by atoms with Gasteiger partial charge in [0.25, 0.3) is 5.91 Å². The number of nitrogens with one attached hydrogen (secondary N) is 1. The molecule has 1 fully saturated rings. The molecule has 0 saturated carbocycles. The lowest BCUT2D eigenvalue weighted by Gasteiger charge is -2.34. The number of carbonyl (C=O) groups is 1. The summed E-state index contributed by atoms with van der Waals surface area (Å²) in [6, 6.07) is 5.86. The van der Waals surface area contributed by atoms with E-state index in [4.69, 9.17) is 11.6 Å². The van der Waals surface area contributed by atoms with Crippen LogP contribution in [0, 0.1) is 5.82 Å². The number of piperazine rings is 1. The first-order valence-electron chi connectivity index (χ1n) is 8.61. The summed E-state index contributed by atoms with van der Waals surface area (Å²) in [6.45, 7) is 5.00. The van der Waals surface area contributed by atoms with Crippen molar-refractivity contribution in [3.05, 3.63) is 53.1 Å². The lowest BCUT2D eigenvalue weighted by molar-refractivity contribution is 0.0947. The highest BCUT2D eigenvalue weighted by atomic mass is 35.5. The van der Waals surface area contributed by atoms with Gasteiger partial charge in [0.1, 0.15) is 5.82 Å². The summed E-state index contributed by atoms with van der Waals surface area (Å²) in [5.74, 6) is -0.246. The molecule has 6 nitrogen and oxygen atoms in total. The number of aromatic nitrogens is 2. The van der Waals surface area contributed by atoms with Crippen LogP contribution in [-0.4, -0.2) is 60.0 Å². The van der Waals surface area contributed by atoms with Gasteiger partial charge in [-0.1, -0.05) is 11.6 Å². The predicted octanol–water partition coefficient (Wildman–Crippen LogP) is 2.21. The molecule has 1 saturated heterocycles. The highest BCUT2D eigenvalue weighted by Crippen LogP contribution is 2.14. The van der Waals surface area contributed by atoms with Gasteiger partial charge < -0.3 is 10.2 Å². The van der Waals surface area contributed by atoms with Gasteiger partial charge in [0.15, 0.2) is 0 Å². The molecule has 0 unspecified atom stereocenters. The molecule has 3 rings (SSSR count). The number of anilines is 1. The Hall–Kier alpha value is -2.25. The van der Waals surface area contributed by atoms with Gasteiger partial charge in [0, 0.05) is 50.1 Å². The number of hydrogen-bond donors (Lipinski definition) is 1. The zero-order valence-corrected chi connectivity index (χ0v) is 15.1. The third-order valence-electron chi connectivity index (χ3n) is 4.32. The van der Waals surface area contributed by atoms with Crippen molar-refractivity contribution >= 4 is 23.5 Å². The number of hydrogen-bond acceptors (Lipinski definition) is 5. The topological polar surface area (TPSA) is 61.4 Å². The van der Waals surface area contributed by atoms with Crippen molar-refractivity contribution in [3.63, 3.8) is 0 Å². The van der Waals surface area contributed by atoms with E-state index in [0.717, 1.165) is 51.2 Å².